The van der Waals surface area contributed by atoms with E-state index in [9.17, 15) is 13.6 Å². The van der Waals surface area contributed by atoms with E-state index in [0.29, 0.717) is 0 Å². The van der Waals surface area contributed by atoms with Gasteiger partial charge in [0.05, 0.1) is 6.04 Å². The first-order valence-corrected chi connectivity index (χ1v) is 5.30. The molecule has 0 amide bonds. The molecular formula is C12H11F2N3O. The van der Waals surface area contributed by atoms with Crippen molar-refractivity contribution < 1.29 is 8.78 Å². The van der Waals surface area contributed by atoms with Crippen molar-refractivity contribution in [3.63, 3.8) is 0 Å². The zero-order valence-electron chi connectivity index (χ0n) is 9.38. The van der Waals surface area contributed by atoms with Gasteiger partial charge in [0.25, 0.3) is 0 Å². The lowest BCUT2D eigenvalue weighted by molar-refractivity contribution is 0.470. The molecule has 1 aromatic heterocycles. The van der Waals surface area contributed by atoms with Crippen LogP contribution >= 0.6 is 0 Å². The number of halogens is 2. The molecule has 1 unspecified atom stereocenters. The van der Waals surface area contributed by atoms with E-state index in [4.69, 9.17) is 5.73 Å². The maximum Gasteiger partial charge on any atom is 0.347 e. The Morgan fingerprint density at radius 1 is 1.33 bits per heavy atom. The molecule has 0 aliphatic rings. The van der Waals surface area contributed by atoms with Gasteiger partial charge in [-0.3, -0.25) is 4.57 Å². The van der Waals surface area contributed by atoms with E-state index in [-0.39, 0.29) is 12.1 Å². The Balaban J connectivity index is 2.28. The molecule has 4 nitrogen and oxygen atoms in total. The molecule has 0 aliphatic carbocycles. The fourth-order valence-electron chi connectivity index (χ4n) is 1.64. The lowest BCUT2D eigenvalue weighted by Crippen LogP contribution is -2.28. The lowest BCUT2D eigenvalue weighted by Gasteiger charge is -2.14. The maximum absolute atomic E-state index is 13.5. The van der Waals surface area contributed by atoms with Gasteiger partial charge >= 0.3 is 5.69 Å². The molecule has 1 heterocycles. The van der Waals surface area contributed by atoms with E-state index >= 15 is 0 Å². The molecule has 0 saturated carbocycles. The fourth-order valence-corrected chi connectivity index (χ4v) is 1.64. The van der Waals surface area contributed by atoms with Gasteiger partial charge in [0, 0.05) is 24.5 Å². The van der Waals surface area contributed by atoms with Crippen LogP contribution in [0.25, 0.3) is 0 Å². The van der Waals surface area contributed by atoms with Crippen molar-refractivity contribution in [3.8, 4) is 0 Å². The predicted octanol–water partition coefficient (Wildman–Crippen LogP) is 1.22. The Labute approximate surface area is 102 Å². The number of nitrogens with two attached hydrogens (primary N) is 1. The summed E-state index contributed by atoms with van der Waals surface area (Å²) in [6, 6.07) is 4.53. The molecular weight excluding hydrogens is 240 g/mol. The maximum atomic E-state index is 13.5. The van der Waals surface area contributed by atoms with Gasteiger partial charge in [-0.1, -0.05) is 12.1 Å². The molecule has 0 saturated heterocycles. The summed E-state index contributed by atoms with van der Waals surface area (Å²) in [5.74, 6) is -1.94. The van der Waals surface area contributed by atoms with Crippen molar-refractivity contribution >= 4 is 0 Å². The molecule has 6 heteroatoms. The van der Waals surface area contributed by atoms with Crippen molar-refractivity contribution in [2.24, 2.45) is 5.73 Å². The summed E-state index contributed by atoms with van der Waals surface area (Å²) in [6.07, 6.45) is 2.85. The average Bonchev–Trinajstić information content (AvgIpc) is 2.35. The van der Waals surface area contributed by atoms with Crippen LogP contribution in [0.4, 0.5) is 8.78 Å². The van der Waals surface area contributed by atoms with Gasteiger partial charge in [0.15, 0.2) is 11.6 Å². The van der Waals surface area contributed by atoms with Gasteiger partial charge in [-0.2, -0.15) is 0 Å². The highest BCUT2D eigenvalue weighted by Crippen LogP contribution is 2.18. The molecule has 2 N–H and O–H groups in total. The van der Waals surface area contributed by atoms with Crippen molar-refractivity contribution in [2.75, 3.05) is 0 Å². The van der Waals surface area contributed by atoms with Crippen LogP contribution in [-0.4, -0.2) is 9.55 Å². The molecule has 2 aromatic rings. The number of benzene rings is 1. The second-order valence-corrected chi connectivity index (χ2v) is 3.80. The SMILES string of the molecule is NC(Cn1cccnc1=O)c1cccc(F)c1F. The summed E-state index contributed by atoms with van der Waals surface area (Å²) in [6.45, 7) is 0.0348. The summed E-state index contributed by atoms with van der Waals surface area (Å²) in [4.78, 5) is 14.9. The Morgan fingerprint density at radius 3 is 2.83 bits per heavy atom. The summed E-state index contributed by atoms with van der Waals surface area (Å²) in [7, 11) is 0. The van der Waals surface area contributed by atoms with Crippen LogP contribution in [0.1, 0.15) is 11.6 Å². The molecule has 0 spiro atoms. The van der Waals surface area contributed by atoms with Crippen LogP contribution in [0.2, 0.25) is 0 Å². The first-order valence-electron chi connectivity index (χ1n) is 5.30. The third-order valence-electron chi connectivity index (χ3n) is 2.56. The Hall–Kier alpha value is -2.08. The lowest BCUT2D eigenvalue weighted by atomic mass is 10.1. The summed E-state index contributed by atoms with van der Waals surface area (Å²) in [5.41, 5.74) is 5.32. The first-order chi connectivity index (χ1) is 8.59. The van der Waals surface area contributed by atoms with Gasteiger partial charge < -0.3 is 5.73 Å². The van der Waals surface area contributed by atoms with Gasteiger partial charge in [-0.05, 0) is 12.1 Å². The minimum absolute atomic E-state index is 0.0331. The van der Waals surface area contributed by atoms with E-state index in [1.54, 1.807) is 6.07 Å². The van der Waals surface area contributed by atoms with Crippen molar-refractivity contribution in [2.45, 2.75) is 12.6 Å². The molecule has 18 heavy (non-hydrogen) atoms. The Morgan fingerprint density at radius 2 is 2.11 bits per heavy atom. The number of aromatic nitrogens is 2. The van der Waals surface area contributed by atoms with E-state index in [1.807, 2.05) is 0 Å². The van der Waals surface area contributed by atoms with Crippen LogP contribution in [0.3, 0.4) is 0 Å². The average molecular weight is 251 g/mol. The van der Waals surface area contributed by atoms with Gasteiger partial charge in [0.1, 0.15) is 0 Å². The van der Waals surface area contributed by atoms with Gasteiger partial charge in [-0.15, -0.1) is 0 Å². The van der Waals surface area contributed by atoms with E-state index < -0.39 is 23.4 Å². The molecule has 1 atom stereocenters. The molecule has 2 rings (SSSR count). The summed E-state index contributed by atoms with van der Waals surface area (Å²) in [5, 5.41) is 0. The van der Waals surface area contributed by atoms with Crippen molar-refractivity contribution in [1.29, 1.82) is 0 Å². The quantitative estimate of drug-likeness (QED) is 0.892. The van der Waals surface area contributed by atoms with E-state index in [0.717, 1.165) is 6.07 Å². The highest BCUT2D eigenvalue weighted by molar-refractivity contribution is 5.22. The molecule has 94 valence electrons. The smallest absolute Gasteiger partial charge is 0.322 e. The highest BCUT2D eigenvalue weighted by atomic mass is 19.2. The minimum atomic E-state index is -0.984. The van der Waals surface area contributed by atoms with E-state index in [1.165, 1.54) is 29.1 Å². The van der Waals surface area contributed by atoms with Crippen LogP contribution in [0.15, 0.2) is 41.5 Å². The number of hydrogen-bond donors (Lipinski definition) is 1. The second kappa shape index (κ2) is 5.05. The molecule has 1 aromatic carbocycles. The normalized spacial score (nSPS) is 12.4. The second-order valence-electron chi connectivity index (χ2n) is 3.80. The zero-order valence-corrected chi connectivity index (χ0v) is 9.38. The predicted molar refractivity (Wildman–Crippen MR) is 61.8 cm³/mol. The van der Waals surface area contributed by atoms with E-state index in [2.05, 4.69) is 4.98 Å². The fraction of sp³-hybridized carbons (Fsp3) is 0.167. The van der Waals surface area contributed by atoms with Crippen molar-refractivity contribution in [1.82, 2.24) is 9.55 Å². The highest BCUT2D eigenvalue weighted by Gasteiger charge is 2.15. The molecule has 0 bridgehead atoms. The molecule has 0 fully saturated rings. The summed E-state index contributed by atoms with van der Waals surface area (Å²) >= 11 is 0. The Kier molecular flexibility index (Phi) is 3.47. The minimum Gasteiger partial charge on any atom is -0.322 e. The van der Waals surface area contributed by atoms with Crippen LogP contribution < -0.4 is 11.4 Å². The number of rotatable bonds is 3. The summed E-state index contributed by atoms with van der Waals surface area (Å²) < 4.78 is 27.8. The molecule has 0 radical (unpaired) electrons. The van der Waals surface area contributed by atoms with Crippen LogP contribution in [-0.2, 0) is 6.54 Å². The number of nitrogens with zero attached hydrogens (tertiary/aromatic N) is 2. The van der Waals surface area contributed by atoms with Crippen LogP contribution in [0.5, 0.6) is 0 Å². The third-order valence-corrected chi connectivity index (χ3v) is 2.56. The standard InChI is InChI=1S/C12H11F2N3O/c13-9-4-1-3-8(11(9)14)10(15)7-17-6-2-5-16-12(17)18/h1-6,10H,7,15H2. The topological polar surface area (TPSA) is 60.9 Å². The number of hydrogen-bond acceptors (Lipinski definition) is 3. The largest absolute Gasteiger partial charge is 0.347 e. The monoisotopic (exact) mass is 251 g/mol. The van der Waals surface area contributed by atoms with Gasteiger partial charge in [-0.25, -0.2) is 18.6 Å². The Bertz CT molecular complexity index is 612. The van der Waals surface area contributed by atoms with Crippen LogP contribution in [0, 0.1) is 11.6 Å². The first kappa shape index (κ1) is 12.4. The zero-order chi connectivity index (χ0) is 13.1. The van der Waals surface area contributed by atoms with Crippen molar-refractivity contribution in [3.05, 3.63) is 64.3 Å². The third kappa shape index (κ3) is 2.43. The molecule has 0 aliphatic heterocycles. The van der Waals surface area contributed by atoms with Gasteiger partial charge in [0.2, 0.25) is 0 Å².